The van der Waals surface area contributed by atoms with Gasteiger partial charge in [0.1, 0.15) is 24.4 Å². The molecule has 2 aromatic rings. The van der Waals surface area contributed by atoms with E-state index >= 15 is 0 Å². The number of fused-ring (bicyclic) bond motifs is 2. The SMILES string of the molecule is O=C1C2=CC=CC(N3CC4(CCN(c5ncc(C(F)(F)F)cc5Cl)CC4)COC3=O)N2C(=O)c2c(F)cccc21. The number of Topliss-reactive ketones (excluding diaryl/α,β-unsaturated/α-hetero) is 1. The smallest absolute Gasteiger partial charge is 0.417 e. The number of carbonyl (C=O) groups excluding carboxylic acids is 3. The van der Waals surface area contributed by atoms with Crippen LogP contribution in [-0.2, 0) is 10.9 Å². The van der Waals surface area contributed by atoms with Crippen LogP contribution >= 0.6 is 11.6 Å². The fourth-order valence-corrected chi connectivity index (χ4v) is 5.97. The zero-order valence-corrected chi connectivity index (χ0v) is 21.5. The number of alkyl halides is 3. The molecule has 0 bridgehead atoms. The monoisotopic (exact) mass is 576 g/mol. The van der Waals surface area contributed by atoms with E-state index in [1.54, 1.807) is 17.1 Å². The number of carbonyl (C=O) groups is 3. The molecular weight excluding hydrogens is 556 g/mol. The molecule has 1 aromatic heterocycles. The Bertz CT molecular complexity index is 1500. The summed E-state index contributed by atoms with van der Waals surface area (Å²) in [6.07, 6.45) is 0.0482. The molecular formula is C27H21ClF4N4O4. The zero-order chi connectivity index (χ0) is 28.4. The maximum absolute atomic E-state index is 14.7. The third-order valence-corrected chi connectivity index (χ3v) is 8.10. The Morgan fingerprint density at radius 3 is 2.58 bits per heavy atom. The van der Waals surface area contributed by atoms with Gasteiger partial charge in [-0.05, 0) is 43.2 Å². The van der Waals surface area contributed by atoms with Gasteiger partial charge in [-0.2, -0.15) is 13.2 Å². The summed E-state index contributed by atoms with van der Waals surface area (Å²) < 4.78 is 59.2. The highest BCUT2D eigenvalue weighted by Gasteiger charge is 2.49. The average molecular weight is 577 g/mol. The average Bonchev–Trinajstić information content (AvgIpc) is 2.93. The van der Waals surface area contributed by atoms with Crippen LogP contribution in [0.15, 0.2) is 54.4 Å². The summed E-state index contributed by atoms with van der Waals surface area (Å²) in [5.74, 6) is -1.86. The van der Waals surface area contributed by atoms with Crippen LogP contribution < -0.4 is 4.90 Å². The second kappa shape index (κ2) is 9.33. The van der Waals surface area contributed by atoms with Crippen LogP contribution in [0, 0.1) is 11.2 Å². The molecule has 4 aliphatic rings. The van der Waals surface area contributed by atoms with Crippen molar-refractivity contribution >= 4 is 35.2 Å². The van der Waals surface area contributed by atoms with Crippen LogP contribution in [0.25, 0.3) is 0 Å². The predicted molar refractivity (Wildman–Crippen MR) is 134 cm³/mol. The molecule has 2 fully saturated rings. The molecule has 0 saturated carbocycles. The summed E-state index contributed by atoms with van der Waals surface area (Å²) in [5.41, 5.74) is -1.83. The lowest BCUT2D eigenvalue weighted by Gasteiger charge is -2.50. The number of hydrogen-bond acceptors (Lipinski definition) is 6. The van der Waals surface area contributed by atoms with Crippen molar-refractivity contribution in [1.29, 1.82) is 0 Å². The number of allylic oxidation sites excluding steroid dienone is 3. The highest BCUT2D eigenvalue weighted by molar-refractivity contribution is 6.33. The van der Waals surface area contributed by atoms with Crippen molar-refractivity contribution in [3.63, 3.8) is 0 Å². The number of nitrogens with zero attached hydrogens (tertiary/aromatic N) is 4. The summed E-state index contributed by atoms with van der Waals surface area (Å²) >= 11 is 6.14. The van der Waals surface area contributed by atoms with E-state index in [4.69, 9.17) is 16.3 Å². The minimum Gasteiger partial charge on any atom is -0.449 e. The van der Waals surface area contributed by atoms with Crippen molar-refractivity contribution in [1.82, 2.24) is 14.8 Å². The van der Waals surface area contributed by atoms with Crippen molar-refractivity contribution in [2.24, 2.45) is 5.41 Å². The van der Waals surface area contributed by atoms with Gasteiger partial charge in [-0.1, -0.05) is 23.7 Å². The quantitative estimate of drug-likeness (QED) is 0.466. The number of hydrogen-bond donors (Lipinski definition) is 0. The highest BCUT2D eigenvalue weighted by Crippen LogP contribution is 2.41. The molecule has 2 amide bonds. The first-order valence-electron chi connectivity index (χ1n) is 12.5. The van der Waals surface area contributed by atoms with Crippen LogP contribution in [0.1, 0.15) is 39.1 Å². The Hall–Kier alpha value is -3.93. The number of rotatable bonds is 2. The van der Waals surface area contributed by atoms with Gasteiger partial charge in [-0.3, -0.25) is 19.4 Å². The fraction of sp³-hybridized carbons (Fsp3) is 0.333. The summed E-state index contributed by atoms with van der Waals surface area (Å²) in [6, 6.07) is 4.69. The largest absolute Gasteiger partial charge is 0.449 e. The minimum absolute atomic E-state index is 0.0286. The highest BCUT2D eigenvalue weighted by atomic mass is 35.5. The molecule has 6 rings (SSSR count). The molecule has 0 radical (unpaired) electrons. The lowest BCUT2D eigenvalue weighted by Crippen LogP contribution is -2.62. The second-order valence-corrected chi connectivity index (χ2v) is 10.6. The number of benzene rings is 1. The molecule has 13 heteroatoms. The van der Waals surface area contributed by atoms with E-state index in [0.29, 0.717) is 25.9 Å². The number of aromatic nitrogens is 1. The van der Waals surface area contributed by atoms with Gasteiger partial charge in [-0.25, -0.2) is 14.2 Å². The summed E-state index contributed by atoms with van der Waals surface area (Å²) in [7, 11) is 0. The lowest BCUT2D eigenvalue weighted by molar-refractivity contribution is -0.137. The van der Waals surface area contributed by atoms with Crippen molar-refractivity contribution in [3.05, 3.63) is 81.9 Å². The van der Waals surface area contributed by atoms with Crippen LogP contribution in [0.2, 0.25) is 5.02 Å². The van der Waals surface area contributed by atoms with E-state index < -0.39 is 46.9 Å². The van der Waals surface area contributed by atoms with E-state index in [9.17, 15) is 31.9 Å². The molecule has 208 valence electrons. The normalized spacial score (nSPS) is 22.2. The molecule has 4 aliphatic heterocycles. The van der Waals surface area contributed by atoms with Crippen molar-refractivity contribution in [3.8, 4) is 0 Å². The van der Waals surface area contributed by atoms with Crippen molar-refractivity contribution < 1.29 is 36.7 Å². The molecule has 1 atom stereocenters. The first-order chi connectivity index (χ1) is 19.0. The van der Waals surface area contributed by atoms with Crippen LogP contribution in [0.4, 0.5) is 28.2 Å². The molecule has 1 unspecified atom stereocenters. The van der Waals surface area contributed by atoms with Crippen molar-refractivity contribution in [2.45, 2.75) is 25.2 Å². The molecule has 8 nitrogen and oxygen atoms in total. The second-order valence-electron chi connectivity index (χ2n) is 10.2. The first-order valence-corrected chi connectivity index (χ1v) is 12.8. The molecule has 0 N–H and O–H groups in total. The maximum Gasteiger partial charge on any atom is 0.417 e. The van der Waals surface area contributed by atoms with Crippen LogP contribution in [0.3, 0.4) is 0 Å². The Balaban J connectivity index is 1.23. The van der Waals surface area contributed by atoms with Gasteiger partial charge in [0, 0.05) is 36.8 Å². The molecule has 5 heterocycles. The van der Waals surface area contributed by atoms with Gasteiger partial charge in [0.05, 0.1) is 21.8 Å². The zero-order valence-electron chi connectivity index (χ0n) is 20.8. The van der Waals surface area contributed by atoms with Crippen LogP contribution in [0.5, 0.6) is 0 Å². The number of ether oxygens (including phenoxy) is 1. The third-order valence-electron chi connectivity index (χ3n) is 7.82. The molecule has 40 heavy (non-hydrogen) atoms. The Morgan fingerprint density at radius 1 is 1.12 bits per heavy atom. The van der Waals surface area contributed by atoms with Gasteiger partial charge >= 0.3 is 12.3 Å². The Kier molecular flexibility index (Phi) is 6.13. The van der Waals surface area contributed by atoms with E-state index in [1.165, 1.54) is 23.1 Å². The maximum atomic E-state index is 14.7. The fourth-order valence-electron chi connectivity index (χ4n) is 5.69. The Morgan fingerprint density at radius 2 is 1.88 bits per heavy atom. The number of pyridine rings is 1. The van der Waals surface area contributed by atoms with E-state index in [2.05, 4.69) is 4.98 Å². The number of amides is 2. The summed E-state index contributed by atoms with van der Waals surface area (Å²) in [5, 5.41) is -0.116. The van der Waals surface area contributed by atoms with Gasteiger partial charge in [0.25, 0.3) is 5.91 Å². The van der Waals surface area contributed by atoms with E-state index in [1.807, 2.05) is 0 Å². The first kappa shape index (κ1) is 26.3. The molecule has 1 aromatic carbocycles. The molecule has 2 saturated heterocycles. The molecule has 1 spiro atoms. The van der Waals surface area contributed by atoms with E-state index in [0.717, 1.165) is 23.2 Å². The lowest BCUT2D eigenvalue weighted by atomic mass is 9.77. The number of halogens is 5. The Labute approximate surface area is 230 Å². The minimum atomic E-state index is -4.56. The van der Waals surface area contributed by atoms with Gasteiger partial charge in [0.2, 0.25) is 5.78 Å². The predicted octanol–water partition coefficient (Wildman–Crippen LogP) is 5.05. The van der Waals surface area contributed by atoms with Gasteiger partial charge < -0.3 is 9.64 Å². The summed E-state index contributed by atoms with van der Waals surface area (Å²) in [6.45, 7) is 1.05. The van der Waals surface area contributed by atoms with Crippen molar-refractivity contribution in [2.75, 3.05) is 31.1 Å². The van der Waals surface area contributed by atoms with Gasteiger partial charge in [-0.15, -0.1) is 0 Å². The number of ketones is 1. The number of anilines is 1. The standard InChI is InChI=1S/C27H21ClF4N4O4/c28-17-11-15(27(30,31)32)12-33-23(17)34-9-7-26(8-10-34)13-35(25(39)40-14-26)20-6-2-5-19-22(37)16-3-1-4-18(29)21(16)24(38)36(19)20/h1-6,11-12,20H,7-10,13-14H2. The van der Waals surface area contributed by atoms with Crippen LogP contribution in [-0.4, -0.2) is 65.0 Å². The number of cyclic esters (lactones) is 1. The van der Waals surface area contributed by atoms with Gasteiger partial charge in [0.15, 0.2) is 0 Å². The summed E-state index contributed by atoms with van der Waals surface area (Å²) in [4.78, 5) is 47.7. The third kappa shape index (κ3) is 4.21. The topological polar surface area (TPSA) is 83.1 Å². The number of piperidine rings is 1. The molecule has 0 aliphatic carbocycles. The van der Waals surface area contributed by atoms with E-state index in [-0.39, 0.29) is 40.8 Å².